The van der Waals surface area contributed by atoms with Gasteiger partial charge in [0, 0.05) is 11.0 Å². The van der Waals surface area contributed by atoms with Crippen LogP contribution in [-0.4, -0.2) is 9.55 Å². The van der Waals surface area contributed by atoms with Gasteiger partial charge in [-0.1, -0.05) is 42.1 Å². The van der Waals surface area contributed by atoms with E-state index in [-0.39, 0.29) is 0 Å². The van der Waals surface area contributed by atoms with Gasteiger partial charge in [0.1, 0.15) is 5.82 Å². The highest BCUT2D eigenvalue weighted by atomic mass is 79.9. The van der Waals surface area contributed by atoms with Gasteiger partial charge in [-0.2, -0.15) is 0 Å². The Balaban J connectivity index is 2.01. The Morgan fingerprint density at radius 3 is 2.75 bits per heavy atom. The molecule has 1 aliphatic rings. The molecule has 2 nitrogen and oxygen atoms in total. The summed E-state index contributed by atoms with van der Waals surface area (Å²) in [6, 6.07) is 6.31. The van der Waals surface area contributed by atoms with Crippen molar-refractivity contribution in [3.05, 3.63) is 28.5 Å². The molecule has 0 N–H and O–H groups in total. The highest BCUT2D eigenvalue weighted by molar-refractivity contribution is 9.10. The van der Waals surface area contributed by atoms with Gasteiger partial charge in [-0.25, -0.2) is 4.98 Å². The first kappa shape index (κ1) is 14.4. The monoisotopic (exact) mass is 354 g/mol. The van der Waals surface area contributed by atoms with Crippen molar-refractivity contribution in [2.75, 3.05) is 0 Å². The maximum atomic E-state index is 6.11. The van der Waals surface area contributed by atoms with Gasteiger partial charge in [-0.05, 0) is 36.5 Å². The summed E-state index contributed by atoms with van der Waals surface area (Å²) in [6.45, 7) is 3.45. The molecule has 20 heavy (non-hydrogen) atoms. The first-order valence-electron chi connectivity index (χ1n) is 7.32. The zero-order valence-electron chi connectivity index (χ0n) is 11.8. The number of aromatic nitrogens is 2. The fourth-order valence-corrected chi connectivity index (χ4v) is 3.93. The molecule has 0 unspecified atom stereocenters. The summed E-state index contributed by atoms with van der Waals surface area (Å²) >= 11 is 9.63. The van der Waals surface area contributed by atoms with Crippen LogP contribution in [0.5, 0.6) is 0 Å². The minimum absolute atomic E-state index is 0.389. The van der Waals surface area contributed by atoms with Crippen LogP contribution in [0.4, 0.5) is 0 Å². The molecular weight excluding hydrogens is 336 g/mol. The smallest absolute Gasteiger partial charge is 0.124 e. The van der Waals surface area contributed by atoms with Crippen LogP contribution in [0.1, 0.15) is 44.9 Å². The highest BCUT2D eigenvalue weighted by Crippen LogP contribution is 2.38. The fourth-order valence-electron chi connectivity index (χ4n) is 3.38. The molecule has 1 saturated carbocycles. The van der Waals surface area contributed by atoms with E-state index >= 15 is 0 Å². The van der Waals surface area contributed by atoms with E-state index in [1.54, 1.807) is 0 Å². The number of alkyl halides is 1. The normalized spacial score (nSPS) is 18.6. The Bertz CT molecular complexity index is 614. The van der Waals surface area contributed by atoms with Crippen LogP contribution < -0.4 is 0 Å². The van der Waals surface area contributed by atoms with E-state index in [1.165, 1.54) is 37.6 Å². The predicted molar refractivity (Wildman–Crippen MR) is 88.2 cm³/mol. The molecule has 1 aliphatic carbocycles. The number of hydrogen-bond acceptors (Lipinski definition) is 1. The third-order valence-electron chi connectivity index (χ3n) is 4.51. The summed E-state index contributed by atoms with van der Waals surface area (Å²) in [6.07, 6.45) is 6.71. The van der Waals surface area contributed by atoms with Gasteiger partial charge < -0.3 is 4.57 Å². The summed E-state index contributed by atoms with van der Waals surface area (Å²) in [7, 11) is 0. The fraction of sp³-hybridized carbons (Fsp3) is 0.562. The molecule has 0 atom stereocenters. The van der Waals surface area contributed by atoms with E-state index in [4.69, 9.17) is 11.6 Å². The SMILES string of the molecule is CC1(Cn2c(CCl)nc3cc(Br)ccc32)CCCCC1. The summed E-state index contributed by atoms with van der Waals surface area (Å²) in [5, 5.41) is 0. The van der Waals surface area contributed by atoms with Crippen LogP contribution in [0.3, 0.4) is 0 Å². The van der Waals surface area contributed by atoms with E-state index in [9.17, 15) is 0 Å². The second kappa shape index (κ2) is 5.69. The van der Waals surface area contributed by atoms with E-state index < -0.39 is 0 Å². The maximum Gasteiger partial charge on any atom is 0.124 e. The Morgan fingerprint density at radius 1 is 1.30 bits per heavy atom. The van der Waals surface area contributed by atoms with Crippen molar-refractivity contribution in [1.29, 1.82) is 0 Å². The number of benzene rings is 1. The third-order valence-corrected chi connectivity index (χ3v) is 5.24. The van der Waals surface area contributed by atoms with E-state index in [0.29, 0.717) is 11.3 Å². The van der Waals surface area contributed by atoms with Gasteiger partial charge in [-0.3, -0.25) is 0 Å². The van der Waals surface area contributed by atoms with Crippen molar-refractivity contribution >= 4 is 38.6 Å². The summed E-state index contributed by atoms with van der Waals surface area (Å²) in [5.41, 5.74) is 2.63. The lowest BCUT2D eigenvalue weighted by Crippen LogP contribution is -2.26. The summed E-state index contributed by atoms with van der Waals surface area (Å²) in [5.74, 6) is 1.47. The number of halogens is 2. The number of fused-ring (bicyclic) bond motifs is 1. The molecule has 3 rings (SSSR count). The number of hydrogen-bond donors (Lipinski definition) is 0. The molecule has 1 aromatic heterocycles. The molecule has 1 aromatic carbocycles. The molecule has 1 heterocycles. The van der Waals surface area contributed by atoms with Crippen LogP contribution in [0.15, 0.2) is 22.7 Å². The van der Waals surface area contributed by atoms with Crippen molar-refractivity contribution in [2.45, 2.75) is 51.5 Å². The van der Waals surface area contributed by atoms with Gasteiger partial charge in [0.15, 0.2) is 0 Å². The van der Waals surface area contributed by atoms with Crippen molar-refractivity contribution < 1.29 is 0 Å². The van der Waals surface area contributed by atoms with E-state index in [2.05, 4.69) is 50.6 Å². The van der Waals surface area contributed by atoms with Gasteiger partial charge in [-0.15, -0.1) is 11.6 Å². The number of imidazole rings is 1. The summed E-state index contributed by atoms with van der Waals surface area (Å²) < 4.78 is 3.40. The van der Waals surface area contributed by atoms with Crippen LogP contribution in [-0.2, 0) is 12.4 Å². The van der Waals surface area contributed by atoms with E-state index in [1.807, 2.05) is 0 Å². The largest absolute Gasteiger partial charge is 0.326 e. The minimum Gasteiger partial charge on any atom is -0.326 e. The van der Waals surface area contributed by atoms with Gasteiger partial charge in [0.2, 0.25) is 0 Å². The predicted octanol–water partition coefficient (Wildman–Crippen LogP) is 5.51. The quantitative estimate of drug-likeness (QED) is 0.664. The molecule has 0 bridgehead atoms. The lowest BCUT2D eigenvalue weighted by molar-refractivity contribution is 0.184. The average molecular weight is 356 g/mol. The Labute approximate surface area is 133 Å². The van der Waals surface area contributed by atoms with Crippen LogP contribution in [0.2, 0.25) is 0 Å². The standard InChI is InChI=1S/C16H20BrClN2/c1-16(7-3-2-4-8-16)11-20-14-6-5-12(17)9-13(14)19-15(20)10-18/h5-6,9H,2-4,7-8,10-11H2,1H3. The Morgan fingerprint density at radius 2 is 2.05 bits per heavy atom. The molecule has 2 aromatic rings. The molecule has 0 spiro atoms. The zero-order valence-corrected chi connectivity index (χ0v) is 14.2. The molecule has 1 fully saturated rings. The third kappa shape index (κ3) is 2.75. The van der Waals surface area contributed by atoms with Crippen molar-refractivity contribution in [2.24, 2.45) is 5.41 Å². The van der Waals surface area contributed by atoms with Crippen LogP contribution >= 0.6 is 27.5 Å². The van der Waals surface area contributed by atoms with Gasteiger partial charge >= 0.3 is 0 Å². The second-order valence-corrected chi connectivity index (χ2v) is 7.44. The van der Waals surface area contributed by atoms with Gasteiger partial charge in [0.05, 0.1) is 16.9 Å². The lowest BCUT2D eigenvalue weighted by atomic mass is 9.75. The van der Waals surface area contributed by atoms with Crippen molar-refractivity contribution in [3.63, 3.8) is 0 Å². The number of nitrogens with zero attached hydrogens (tertiary/aromatic N) is 2. The van der Waals surface area contributed by atoms with Crippen molar-refractivity contribution in [3.8, 4) is 0 Å². The Kier molecular flexibility index (Phi) is 4.09. The first-order chi connectivity index (χ1) is 9.61. The molecule has 4 heteroatoms. The Hall–Kier alpha value is -0.540. The molecule has 0 radical (unpaired) electrons. The molecule has 0 amide bonds. The van der Waals surface area contributed by atoms with Crippen LogP contribution in [0, 0.1) is 5.41 Å². The zero-order chi connectivity index (χ0) is 14.2. The maximum absolute atomic E-state index is 6.11. The van der Waals surface area contributed by atoms with Crippen LogP contribution in [0.25, 0.3) is 11.0 Å². The topological polar surface area (TPSA) is 17.8 Å². The first-order valence-corrected chi connectivity index (χ1v) is 8.65. The van der Waals surface area contributed by atoms with Gasteiger partial charge in [0.25, 0.3) is 0 Å². The van der Waals surface area contributed by atoms with E-state index in [0.717, 1.165) is 22.4 Å². The number of rotatable bonds is 3. The molecule has 108 valence electrons. The molecular formula is C16H20BrClN2. The molecule has 0 saturated heterocycles. The second-order valence-electron chi connectivity index (χ2n) is 6.25. The lowest BCUT2D eigenvalue weighted by Gasteiger charge is -2.34. The molecule has 0 aliphatic heterocycles. The van der Waals surface area contributed by atoms with Crippen molar-refractivity contribution in [1.82, 2.24) is 9.55 Å². The highest BCUT2D eigenvalue weighted by Gasteiger charge is 2.28. The minimum atomic E-state index is 0.389. The summed E-state index contributed by atoms with van der Waals surface area (Å²) in [4.78, 5) is 4.69. The average Bonchev–Trinajstić information content (AvgIpc) is 2.76.